The van der Waals surface area contributed by atoms with Crippen molar-refractivity contribution in [1.29, 1.82) is 0 Å². The molecule has 15 nitrogen and oxygen atoms in total. The molecule has 0 aromatic rings. The molecule has 9 atom stereocenters. The second kappa shape index (κ2) is 20.8. The molecule has 0 radical (unpaired) electrons. The highest BCUT2D eigenvalue weighted by molar-refractivity contribution is 5.91. The van der Waals surface area contributed by atoms with Gasteiger partial charge in [-0.05, 0) is 57.8 Å². The van der Waals surface area contributed by atoms with Crippen LogP contribution in [-0.2, 0) is 28.5 Å². The Morgan fingerprint density at radius 2 is 1.66 bits per heavy atom. The van der Waals surface area contributed by atoms with Gasteiger partial charge in [-0.3, -0.25) is 14.4 Å². The van der Waals surface area contributed by atoms with Crippen molar-refractivity contribution < 1.29 is 53.4 Å². The van der Waals surface area contributed by atoms with Gasteiger partial charge in [0.05, 0.1) is 36.3 Å². The van der Waals surface area contributed by atoms with Crippen molar-refractivity contribution in [1.82, 2.24) is 4.98 Å². The summed E-state index contributed by atoms with van der Waals surface area (Å²) in [6, 6.07) is 3.25. The Hall–Kier alpha value is -5.22. The first-order valence-corrected chi connectivity index (χ1v) is 21.0. The zero-order valence-electron chi connectivity index (χ0n) is 37.8. The summed E-state index contributed by atoms with van der Waals surface area (Å²) in [5.74, 6) is -4.79. The van der Waals surface area contributed by atoms with Crippen LogP contribution in [0.1, 0.15) is 82.1 Å². The quantitative estimate of drug-likeness (QED) is 0.0649. The zero-order chi connectivity index (χ0) is 46.4. The second-order valence-electron chi connectivity index (χ2n) is 17.0. The van der Waals surface area contributed by atoms with E-state index in [9.17, 15) is 34.8 Å². The molecule has 340 valence electrons. The first-order valence-electron chi connectivity index (χ1n) is 21.0. The third-order valence-electron chi connectivity index (χ3n) is 11.9. The van der Waals surface area contributed by atoms with Crippen LogP contribution in [0.5, 0.6) is 0 Å². The molecule has 6 N–H and O–H groups in total. The maximum Gasteiger partial charge on any atom is 0.307 e. The molecular weight excluding hydrogens is 799 g/mol. The SMILES string of the molecule is C=c1oc2cc(N3CCC(O)CC3)cc(=O)c-2nc1=C(C)C1=C(O)[C@@](C)(O/C=C/[C@H](OC)[C@@H](C)[C@@H](OC(C)=O)[C@H](C)[C@H](O)[C@H](C)[C@@H](O)[C@@H](C)/C=C/C=C(/C)C(N)=O)OC1=C(C)C. The number of benzene rings is 1. The number of primary amides is 1. The van der Waals surface area contributed by atoms with E-state index >= 15 is 0 Å². The first kappa shape index (κ1) is 49.4. The molecule has 0 aromatic heterocycles. The van der Waals surface area contributed by atoms with Crippen molar-refractivity contribution in [2.75, 3.05) is 25.1 Å². The number of ether oxygens (including phenoxy) is 4. The predicted octanol–water partition coefficient (Wildman–Crippen LogP) is 4.27. The van der Waals surface area contributed by atoms with Crippen LogP contribution in [0.15, 0.2) is 80.1 Å². The number of anilines is 1. The molecule has 3 aliphatic heterocycles. The summed E-state index contributed by atoms with van der Waals surface area (Å²) in [6.07, 6.45) is 4.93. The molecule has 1 amide bonds. The Morgan fingerprint density at radius 3 is 2.24 bits per heavy atom. The fraction of sp³-hybridized carbons (Fsp3) is 0.532. The van der Waals surface area contributed by atoms with Gasteiger partial charge in [-0.1, -0.05) is 52.5 Å². The standard InChI is InChI=1S/C47H65N3O12/c1-24(2)43-38(28(6)39-31(9)60-37-23-33(22-35(53)40(37)49-39)50-19-16-34(52)17-20-50)45(56)47(11,62-43)59-21-18-36(58-12)27(5)44(61-32(10)51)30(8)42(55)29(7)41(54)25(3)14-13-15-26(4)46(48)57/h13-15,18,21-23,25,27,29-30,34,36,41-42,44,52,54-56H,9,16-17,19-20H2,1-8,10-12H3,(H2,48,57)/b14-13+,21-18+,26-15-,39-28?/t25-,27+,29+,30+,36-,41-,42+,44+,47-/m0/s1. The van der Waals surface area contributed by atoms with Crippen molar-refractivity contribution in [2.45, 2.75) is 118 Å². The van der Waals surface area contributed by atoms with Gasteiger partial charge < -0.3 is 54.4 Å². The molecule has 4 rings (SSSR count). The number of hydrogen-bond acceptors (Lipinski definition) is 14. The number of aliphatic hydroxyl groups is 4. The maximum absolute atomic E-state index is 13.4. The first-order chi connectivity index (χ1) is 29.0. The number of aromatic nitrogens is 1. The number of methoxy groups -OCH3 is 1. The van der Waals surface area contributed by atoms with E-state index in [1.54, 1.807) is 78.8 Å². The minimum Gasteiger partial charge on any atom is -0.505 e. The molecule has 4 aliphatic rings. The van der Waals surface area contributed by atoms with Crippen LogP contribution in [0.4, 0.5) is 5.69 Å². The van der Waals surface area contributed by atoms with Gasteiger partial charge in [-0.15, -0.1) is 0 Å². The third-order valence-corrected chi connectivity index (χ3v) is 11.9. The van der Waals surface area contributed by atoms with E-state index in [1.807, 2.05) is 18.7 Å². The van der Waals surface area contributed by atoms with E-state index < -0.39 is 65.8 Å². The topological polar surface area (TPSA) is 224 Å². The zero-order valence-corrected chi connectivity index (χ0v) is 37.8. The Bertz CT molecular complexity index is 2250. The van der Waals surface area contributed by atoms with Gasteiger partial charge in [0.15, 0.2) is 17.2 Å². The molecule has 0 saturated carbocycles. The summed E-state index contributed by atoms with van der Waals surface area (Å²) < 4.78 is 30.1. The monoisotopic (exact) mass is 863 g/mol. The number of carbonyl (C=O) groups excluding carboxylic acids is 2. The number of esters is 1. The average molecular weight is 864 g/mol. The van der Waals surface area contributed by atoms with Crippen molar-refractivity contribution in [3.05, 3.63) is 91.9 Å². The molecule has 0 unspecified atom stereocenters. The maximum atomic E-state index is 13.4. The molecule has 1 saturated heterocycles. The number of nitrogens with two attached hydrogens (primary N) is 1. The lowest BCUT2D eigenvalue weighted by atomic mass is 9.78. The predicted molar refractivity (Wildman–Crippen MR) is 236 cm³/mol. The Labute approximate surface area is 363 Å². The van der Waals surface area contributed by atoms with Gasteiger partial charge in [-0.25, -0.2) is 4.98 Å². The highest BCUT2D eigenvalue weighted by Crippen LogP contribution is 2.43. The summed E-state index contributed by atoms with van der Waals surface area (Å²) in [6.45, 7) is 22.0. The van der Waals surface area contributed by atoms with Gasteiger partial charge in [0, 0.05) is 81.1 Å². The molecule has 0 spiro atoms. The molecule has 15 heteroatoms. The lowest BCUT2D eigenvalue weighted by Gasteiger charge is -2.38. The van der Waals surface area contributed by atoms with Crippen molar-refractivity contribution >= 4 is 29.7 Å². The minimum atomic E-state index is -1.72. The van der Waals surface area contributed by atoms with E-state index in [4.69, 9.17) is 29.1 Å². The number of nitrogens with zero attached hydrogens (tertiary/aromatic N) is 2. The largest absolute Gasteiger partial charge is 0.505 e. The molecule has 3 heterocycles. The summed E-state index contributed by atoms with van der Waals surface area (Å²) in [4.78, 5) is 43.8. The fourth-order valence-electron chi connectivity index (χ4n) is 7.95. The van der Waals surface area contributed by atoms with Crippen LogP contribution < -0.4 is 26.8 Å². The fourth-order valence-corrected chi connectivity index (χ4v) is 7.95. The highest BCUT2D eigenvalue weighted by atomic mass is 16.7. The van der Waals surface area contributed by atoms with Crippen LogP contribution in [0.2, 0.25) is 0 Å². The molecule has 1 fully saturated rings. The molecule has 0 bridgehead atoms. The molecular formula is C47H65N3O12. The summed E-state index contributed by atoms with van der Waals surface area (Å²) in [7, 11) is 1.47. The van der Waals surface area contributed by atoms with Crippen LogP contribution >= 0.6 is 0 Å². The summed E-state index contributed by atoms with van der Waals surface area (Å²) in [5.41, 5.74) is 7.68. The van der Waals surface area contributed by atoms with Gasteiger partial charge >= 0.3 is 11.8 Å². The average Bonchev–Trinajstić information content (AvgIpc) is 3.49. The van der Waals surface area contributed by atoms with E-state index in [0.717, 1.165) is 0 Å². The Kier molecular flexibility index (Phi) is 16.6. The van der Waals surface area contributed by atoms with E-state index in [0.29, 0.717) is 54.1 Å². The van der Waals surface area contributed by atoms with Gasteiger partial charge in [0.1, 0.15) is 22.6 Å². The normalized spacial score (nSPS) is 22.3. The van der Waals surface area contributed by atoms with Crippen LogP contribution in [0.25, 0.3) is 23.6 Å². The van der Waals surface area contributed by atoms with E-state index in [2.05, 4.69) is 11.6 Å². The molecule has 62 heavy (non-hydrogen) atoms. The number of carbonyl (C=O) groups is 2. The van der Waals surface area contributed by atoms with E-state index in [1.165, 1.54) is 26.4 Å². The highest BCUT2D eigenvalue weighted by Gasteiger charge is 2.46. The minimum absolute atomic E-state index is 0.0969. The number of aliphatic hydroxyl groups excluding tert-OH is 4. The van der Waals surface area contributed by atoms with Gasteiger partial charge in [-0.2, -0.15) is 0 Å². The number of hydrogen-bond donors (Lipinski definition) is 5. The number of allylic oxidation sites excluding steroid dienone is 4. The number of piperidine rings is 1. The van der Waals surface area contributed by atoms with Crippen LogP contribution in [-0.4, -0.2) is 93.8 Å². The van der Waals surface area contributed by atoms with Crippen LogP contribution in [0.3, 0.4) is 0 Å². The smallest absolute Gasteiger partial charge is 0.307 e. The van der Waals surface area contributed by atoms with Crippen molar-refractivity contribution in [3.8, 4) is 11.5 Å². The van der Waals surface area contributed by atoms with E-state index in [-0.39, 0.29) is 45.1 Å². The molecule has 1 aliphatic carbocycles. The second-order valence-corrected chi connectivity index (χ2v) is 17.0. The summed E-state index contributed by atoms with van der Waals surface area (Å²) in [5, 5.41) is 44.6. The van der Waals surface area contributed by atoms with Crippen molar-refractivity contribution in [2.24, 2.45) is 29.4 Å². The number of fused-ring (bicyclic) bond motifs is 1. The number of rotatable bonds is 17. The lowest BCUT2D eigenvalue weighted by Crippen LogP contribution is -2.46. The van der Waals surface area contributed by atoms with Crippen molar-refractivity contribution in [3.63, 3.8) is 0 Å². The van der Waals surface area contributed by atoms with Crippen LogP contribution in [0, 0.1) is 23.7 Å². The third kappa shape index (κ3) is 11.2. The van der Waals surface area contributed by atoms with Gasteiger partial charge in [0.2, 0.25) is 11.3 Å². The Balaban J connectivity index is 1.60. The molecule has 0 aromatic carbocycles. The summed E-state index contributed by atoms with van der Waals surface area (Å²) >= 11 is 0. The Morgan fingerprint density at radius 1 is 1.02 bits per heavy atom. The lowest BCUT2D eigenvalue weighted by molar-refractivity contribution is -0.160. The number of amides is 1. The van der Waals surface area contributed by atoms with Gasteiger partial charge in [0.25, 0.3) is 0 Å².